The largest absolute Gasteiger partial charge is 0.291 e. The normalized spacial score (nSPS) is 15.9. The highest BCUT2D eigenvalue weighted by Crippen LogP contribution is 2.38. The molecule has 19 heavy (non-hydrogen) atoms. The third-order valence-corrected chi connectivity index (χ3v) is 3.41. The van der Waals surface area contributed by atoms with Crippen molar-refractivity contribution >= 4 is 22.3 Å². The van der Waals surface area contributed by atoms with E-state index in [0.717, 1.165) is 5.39 Å². The summed E-state index contributed by atoms with van der Waals surface area (Å²) in [6.45, 7) is 0. The van der Waals surface area contributed by atoms with E-state index in [1.165, 1.54) is 0 Å². The fraction of sp³-hybridized carbons (Fsp3) is 0.0667. The van der Waals surface area contributed by atoms with Crippen molar-refractivity contribution in [2.24, 2.45) is 5.41 Å². The van der Waals surface area contributed by atoms with Gasteiger partial charge in [-0.1, -0.05) is 36.4 Å². The van der Waals surface area contributed by atoms with E-state index in [9.17, 15) is 9.59 Å². The van der Waals surface area contributed by atoms with Crippen LogP contribution < -0.4 is 0 Å². The highest BCUT2D eigenvalue weighted by molar-refractivity contribution is 6.34. The third-order valence-electron chi connectivity index (χ3n) is 3.41. The molecule has 0 bridgehead atoms. The Balaban J connectivity index is 2.53. The molecule has 0 aliphatic heterocycles. The molecule has 1 aliphatic rings. The number of benzene rings is 2. The SMILES string of the molecule is N#CC1(C#N)C(=O)c2cccc3cccc(c23)C1=O. The summed E-state index contributed by atoms with van der Waals surface area (Å²) in [7, 11) is 0. The lowest BCUT2D eigenvalue weighted by atomic mass is 9.70. The van der Waals surface area contributed by atoms with Crippen LogP contribution in [0.15, 0.2) is 36.4 Å². The predicted octanol–water partition coefficient (Wildman–Crippen LogP) is 2.25. The van der Waals surface area contributed by atoms with Crippen molar-refractivity contribution < 1.29 is 9.59 Å². The van der Waals surface area contributed by atoms with Crippen LogP contribution in [0.2, 0.25) is 0 Å². The van der Waals surface area contributed by atoms with Crippen LogP contribution in [0.5, 0.6) is 0 Å². The van der Waals surface area contributed by atoms with Crippen molar-refractivity contribution in [3.05, 3.63) is 47.5 Å². The molecule has 4 heteroatoms. The molecule has 88 valence electrons. The van der Waals surface area contributed by atoms with Crippen LogP contribution in [-0.4, -0.2) is 11.6 Å². The summed E-state index contributed by atoms with van der Waals surface area (Å²) in [6, 6.07) is 13.2. The predicted molar refractivity (Wildman–Crippen MR) is 66.3 cm³/mol. The lowest BCUT2D eigenvalue weighted by Crippen LogP contribution is -2.40. The van der Waals surface area contributed by atoms with E-state index in [-0.39, 0.29) is 11.1 Å². The van der Waals surface area contributed by atoms with Gasteiger partial charge in [-0.05, 0) is 5.39 Å². The molecular formula is C15H6N2O2. The molecule has 0 amide bonds. The van der Waals surface area contributed by atoms with Gasteiger partial charge in [0.15, 0.2) is 0 Å². The minimum atomic E-state index is -2.25. The Bertz CT molecular complexity index is 771. The lowest BCUT2D eigenvalue weighted by Gasteiger charge is -2.23. The van der Waals surface area contributed by atoms with Crippen molar-refractivity contribution in [3.63, 3.8) is 0 Å². The third kappa shape index (κ3) is 1.15. The minimum Gasteiger partial charge on any atom is -0.291 e. The first-order valence-electron chi connectivity index (χ1n) is 5.59. The van der Waals surface area contributed by atoms with Crippen molar-refractivity contribution in [1.82, 2.24) is 0 Å². The van der Waals surface area contributed by atoms with Crippen LogP contribution in [0.1, 0.15) is 20.7 Å². The zero-order valence-corrected chi connectivity index (χ0v) is 9.68. The van der Waals surface area contributed by atoms with E-state index in [4.69, 9.17) is 10.5 Å². The molecule has 0 atom stereocenters. The Hall–Kier alpha value is -2.98. The highest BCUT2D eigenvalue weighted by Gasteiger charge is 2.51. The van der Waals surface area contributed by atoms with E-state index < -0.39 is 17.0 Å². The van der Waals surface area contributed by atoms with Gasteiger partial charge in [0.1, 0.15) is 12.1 Å². The van der Waals surface area contributed by atoms with Crippen LogP contribution in [-0.2, 0) is 0 Å². The minimum absolute atomic E-state index is 0.260. The summed E-state index contributed by atoms with van der Waals surface area (Å²) in [4.78, 5) is 24.7. The first kappa shape index (κ1) is 11.1. The fourth-order valence-electron chi connectivity index (χ4n) is 2.45. The number of nitriles is 2. The van der Waals surface area contributed by atoms with Crippen LogP contribution in [0.3, 0.4) is 0 Å². The molecule has 1 aliphatic carbocycles. The Kier molecular flexibility index (Phi) is 2.05. The van der Waals surface area contributed by atoms with E-state index >= 15 is 0 Å². The van der Waals surface area contributed by atoms with E-state index in [1.54, 1.807) is 48.5 Å². The van der Waals surface area contributed by atoms with Crippen LogP contribution >= 0.6 is 0 Å². The van der Waals surface area contributed by atoms with Gasteiger partial charge in [-0.15, -0.1) is 0 Å². The Labute approximate surface area is 108 Å². The number of hydrogen-bond donors (Lipinski definition) is 0. The second-order valence-electron chi connectivity index (χ2n) is 4.34. The first-order chi connectivity index (χ1) is 9.15. The quantitative estimate of drug-likeness (QED) is 0.667. The van der Waals surface area contributed by atoms with Gasteiger partial charge in [0.2, 0.25) is 11.6 Å². The summed E-state index contributed by atoms with van der Waals surface area (Å²) < 4.78 is 0. The van der Waals surface area contributed by atoms with Gasteiger partial charge in [0, 0.05) is 16.5 Å². The topological polar surface area (TPSA) is 81.7 Å². The van der Waals surface area contributed by atoms with Gasteiger partial charge in [0.05, 0.1) is 0 Å². The number of hydrogen-bond acceptors (Lipinski definition) is 4. The van der Waals surface area contributed by atoms with Crippen molar-refractivity contribution in [1.29, 1.82) is 10.5 Å². The second-order valence-corrected chi connectivity index (χ2v) is 4.34. The number of ketones is 2. The van der Waals surface area contributed by atoms with Crippen LogP contribution in [0, 0.1) is 28.1 Å². The number of carbonyl (C=O) groups excluding carboxylic acids is 2. The number of Topliss-reactive ketones (excluding diaryl/α,β-unsaturated/α-hetero) is 2. The molecule has 3 rings (SSSR count). The summed E-state index contributed by atoms with van der Waals surface area (Å²) >= 11 is 0. The molecule has 0 saturated heterocycles. The molecule has 0 spiro atoms. The number of rotatable bonds is 0. The summed E-state index contributed by atoms with van der Waals surface area (Å²) in [5, 5.41) is 19.6. The summed E-state index contributed by atoms with van der Waals surface area (Å²) in [5.74, 6) is -1.46. The molecule has 2 aromatic carbocycles. The van der Waals surface area contributed by atoms with Crippen LogP contribution in [0.4, 0.5) is 0 Å². The standard InChI is InChI=1S/C15H6N2O2/c16-7-15(8-17)13(18)10-5-1-3-9-4-2-6-11(12(9)10)14(15)19/h1-6H. The zero-order chi connectivity index (χ0) is 13.6. The molecule has 2 aromatic rings. The molecule has 4 nitrogen and oxygen atoms in total. The maximum Gasteiger partial charge on any atom is 0.267 e. The van der Waals surface area contributed by atoms with E-state index in [1.807, 2.05) is 0 Å². The van der Waals surface area contributed by atoms with Gasteiger partial charge in [-0.25, -0.2) is 0 Å². The number of carbonyl (C=O) groups is 2. The second kappa shape index (κ2) is 3.51. The van der Waals surface area contributed by atoms with Crippen LogP contribution in [0.25, 0.3) is 10.8 Å². The molecule has 0 N–H and O–H groups in total. The molecule has 0 heterocycles. The van der Waals surface area contributed by atoms with Gasteiger partial charge in [0.25, 0.3) is 5.41 Å². The highest BCUT2D eigenvalue weighted by atomic mass is 16.2. The Morgan fingerprint density at radius 3 is 1.74 bits per heavy atom. The number of nitrogens with zero attached hydrogens (tertiary/aromatic N) is 2. The maximum atomic E-state index is 12.3. The average Bonchev–Trinajstić information content (AvgIpc) is 2.46. The Morgan fingerprint density at radius 2 is 1.32 bits per heavy atom. The lowest BCUT2D eigenvalue weighted by molar-refractivity contribution is 0.0786. The monoisotopic (exact) mass is 246 g/mol. The van der Waals surface area contributed by atoms with Gasteiger partial charge >= 0.3 is 0 Å². The summed E-state index contributed by atoms with van der Waals surface area (Å²) in [5.41, 5.74) is -1.73. The van der Waals surface area contributed by atoms with Gasteiger partial charge in [-0.2, -0.15) is 10.5 Å². The van der Waals surface area contributed by atoms with Crippen molar-refractivity contribution in [2.75, 3.05) is 0 Å². The fourth-order valence-corrected chi connectivity index (χ4v) is 2.45. The zero-order valence-electron chi connectivity index (χ0n) is 9.68. The van der Waals surface area contributed by atoms with Gasteiger partial charge in [-0.3, -0.25) is 9.59 Å². The van der Waals surface area contributed by atoms with E-state index in [2.05, 4.69) is 0 Å². The molecule has 0 aromatic heterocycles. The average molecular weight is 246 g/mol. The molecule has 0 fully saturated rings. The molecule has 0 saturated carbocycles. The molecule has 0 unspecified atom stereocenters. The van der Waals surface area contributed by atoms with Gasteiger partial charge < -0.3 is 0 Å². The summed E-state index contributed by atoms with van der Waals surface area (Å²) in [6.07, 6.45) is 0. The smallest absolute Gasteiger partial charge is 0.267 e. The van der Waals surface area contributed by atoms with Crippen molar-refractivity contribution in [2.45, 2.75) is 0 Å². The maximum absolute atomic E-state index is 12.3. The molecule has 0 radical (unpaired) electrons. The molecular weight excluding hydrogens is 240 g/mol. The first-order valence-corrected chi connectivity index (χ1v) is 5.59. The van der Waals surface area contributed by atoms with Crippen molar-refractivity contribution in [3.8, 4) is 12.1 Å². The van der Waals surface area contributed by atoms with E-state index in [0.29, 0.717) is 5.39 Å². The Morgan fingerprint density at radius 1 is 0.842 bits per heavy atom.